The van der Waals surface area contributed by atoms with Gasteiger partial charge in [-0.3, -0.25) is 0 Å². The van der Waals surface area contributed by atoms with E-state index in [-0.39, 0.29) is 0 Å². The Balaban J connectivity index is 1.69. The Morgan fingerprint density at radius 2 is 2.39 bits per heavy atom. The maximum Gasteiger partial charge on any atom is 0.0712 e. The molecule has 2 rings (SSSR count). The zero-order chi connectivity index (χ0) is 12.8. The lowest BCUT2D eigenvalue weighted by Gasteiger charge is -2.23. The van der Waals surface area contributed by atoms with Crippen molar-refractivity contribution in [3.05, 3.63) is 33.8 Å². The number of aryl methyl sites for hydroxylation is 1. The Labute approximate surface area is 117 Å². The first-order valence-electron chi connectivity index (χ1n) is 6.54. The highest BCUT2D eigenvalue weighted by atomic mass is 79.9. The second-order valence-corrected chi connectivity index (χ2v) is 5.65. The molecule has 1 aliphatic rings. The molecule has 3 nitrogen and oxygen atoms in total. The van der Waals surface area contributed by atoms with Crippen LogP contribution >= 0.6 is 15.9 Å². The third kappa shape index (κ3) is 4.35. The van der Waals surface area contributed by atoms with Crippen LogP contribution in [0.5, 0.6) is 0 Å². The van der Waals surface area contributed by atoms with Crippen LogP contribution in [0.1, 0.15) is 17.5 Å². The summed E-state index contributed by atoms with van der Waals surface area (Å²) in [5, 5.41) is 6.84. The number of halogens is 1. The standard InChI is InChI=1S/C14H21BrN2O/c1-11-2-3-13(15)8-12(11)9-16-5-4-14-10-17-6-7-18-14/h2-3,8,14,16-17H,4-7,9-10H2,1H3. The highest BCUT2D eigenvalue weighted by Gasteiger charge is 2.12. The quantitative estimate of drug-likeness (QED) is 0.818. The van der Waals surface area contributed by atoms with Crippen molar-refractivity contribution in [2.24, 2.45) is 0 Å². The van der Waals surface area contributed by atoms with Crippen LogP contribution in [0.25, 0.3) is 0 Å². The summed E-state index contributed by atoms with van der Waals surface area (Å²) in [6, 6.07) is 6.41. The van der Waals surface area contributed by atoms with Crippen molar-refractivity contribution in [1.82, 2.24) is 10.6 Å². The molecule has 2 N–H and O–H groups in total. The van der Waals surface area contributed by atoms with E-state index in [9.17, 15) is 0 Å². The van der Waals surface area contributed by atoms with E-state index in [4.69, 9.17) is 4.74 Å². The average molecular weight is 313 g/mol. The van der Waals surface area contributed by atoms with E-state index in [0.29, 0.717) is 6.10 Å². The number of ether oxygens (including phenoxy) is 1. The summed E-state index contributed by atoms with van der Waals surface area (Å²) >= 11 is 3.51. The molecule has 1 aromatic carbocycles. The van der Waals surface area contributed by atoms with Gasteiger partial charge in [0.2, 0.25) is 0 Å². The minimum absolute atomic E-state index is 0.370. The van der Waals surface area contributed by atoms with Gasteiger partial charge in [-0.25, -0.2) is 0 Å². The maximum absolute atomic E-state index is 5.66. The molecule has 0 spiro atoms. The van der Waals surface area contributed by atoms with Crippen molar-refractivity contribution >= 4 is 15.9 Å². The van der Waals surface area contributed by atoms with Crippen LogP contribution in [0.15, 0.2) is 22.7 Å². The van der Waals surface area contributed by atoms with Crippen LogP contribution in [0.3, 0.4) is 0 Å². The van der Waals surface area contributed by atoms with Gasteiger partial charge in [0.05, 0.1) is 12.7 Å². The van der Waals surface area contributed by atoms with Gasteiger partial charge in [0, 0.05) is 24.1 Å². The average Bonchev–Trinajstić information content (AvgIpc) is 2.40. The Bertz CT molecular complexity index is 378. The molecule has 0 bridgehead atoms. The van der Waals surface area contributed by atoms with Gasteiger partial charge >= 0.3 is 0 Å². The van der Waals surface area contributed by atoms with Crippen molar-refractivity contribution < 1.29 is 4.74 Å². The smallest absolute Gasteiger partial charge is 0.0712 e. The van der Waals surface area contributed by atoms with E-state index in [1.54, 1.807) is 0 Å². The molecule has 100 valence electrons. The summed E-state index contributed by atoms with van der Waals surface area (Å²) < 4.78 is 6.81. The van der Waals surface area contributed by atoms with Crippen molar-refractivity contribution in [2.75, 3.05) is 26.2 Å². The maximum atomic E-state index is 5.66. The minimum atomic E-state index is 0.370. The Kier molecular flexibility index (Phi) is 5.63. The predicted octanol–water partition coefficient (Wildman–Crippen LogP) is 2.23. The first kappa shape index (κ1) is 14.0. The third-order valence-corrected chi connectivity index (χ3v) is 3.77. The van der Waals surface area contributed by atoms with Crippen LogP contribution in [-0.4, -0.2) is 32.3 Å². The lowest BCUT2D eigenvalue weighted by Crippen LogP contribution is -2.39. The number of hydrogen-bond donors (Lipinski definition) is 2. The van der Waals surface area contributed by atoms with Gasteiger partial charge in [-0.05, 0) is 43.1 Å². The van der Waals surface area contributed by atoms with Crippen molar-refractivity contribution in [1.29, 1.82) is 0 Å². The number of nitrogens with one attached hydrogen (secondary N) is 2. The molecule has 1 heterocycles. The zero-order valence-electron chi connectivity index (χ0n) is 10.8. The van der Waals surface area contributed by atoms with E-state index in [1.807, 2.05) is 0 Å². The van der Waals surface area contributed by atoms with Gasteiger partial charge in [0.1, 0.15) is 0 Å². The summed E-state index contributed by atoms with van der Waals surface area (Å²) in [6.07, 6.45) is 1.44. The topological polar surface area (TPSA) is 33.3 Å². The number of rotatable bonds is 5. The zero-order valence-corrected chi connectivity index (χ0v) is 12.4. The first-order chi connectivity index (χ1) is 8.75. The van der Waals surface area contributed by atoms with Gasteiger partial charge in [0.15, 0.2) is 0 Å². The van der Waals surface area contributed by atoms with Crippen LogP contribution < -0.4 is 10.6 Å². The molecule has 1 aliphatic heterocycles. The third-order valence-electron chi connectivity index (χ3n) is 3.27. The van der Waals surface area contributed by atoms with Gasteiger partial charge < -0.3 is 15.4 Å². The summed E-state index contributed by atoms with van der Waals surface area (Å²) in [6.45, 7) is 6.88. The van der Waals surface area contributed by atoms with Crippen molar-refractivity contribution in [3.63, 3.8) is 0 Å². The number of morpholine rings is 1. The SMILES string of the molecule is Cc1ccc(Br)cc1CNCCC1CNCCO1. The summed E-state index contributed by atoms with van der Waals surface area (Å²) in [7, 11) is 0. The van der Waals surface area contributed by atoms with Gasteiger partial charge in [-0.1, -0.05) is 22.0 Å². The van der Waals surface area contributed by atoms with Crippen LogP contribution in [-0.2, 0) is 11.3 Å². The highest BCUT2D eigenvalue weighted by molar-refractivity contribution is 9.10. The van der Waals surface area contributed by atoms with Crippen LogP contribution in [0, 0.1) is 6.92 Å². The van der Waals surface area contributed by atoms with Crippen LogP contribution in [0.4, 0.5) is 0 Å². The normalized spacial score (nSPS) is 20.0. The van der Waals surface area contributed by atoms with E-state index in [0.717, 1.165) is 43.7 Å². The van der Waals surface area contributed by atoms with E-state index < -0.39 is 0 Å². The fraction of sp³-hybridized carbons (Fsp3) is 0.571. The number of hydrogen-bond acceptors (Lipinski definition) is 3. The largest absolute Gasteiger partial charge is 0.376 e. The van der Waals surface area contributed by atoms with E-state index in [1.165, 1.54) is 11.1 Å². The lowest BCUT2D eigenvalue weighted by atomic mass is 10.1. The molecule has 18 heavy (non-hydrogen) atoms. The molecule has 1 aromatic rings. The first-order valence-corrected chi connectivity index (χ1v) is 7.33. The molecular weight excluding hydrogens is 292 g/mol. The lowest BCUT2D eigenvalue weighted by molar-refractivity contribution is 0.0238. The second-order valence-electron chi connectivity index (χ2n) is 4.73. The molecule has 0 amide bonds. The monoisotopic (exact) mass is 312 g/mol. The molecule has 1 unspecified atom stereocenters. The van der Waals surface area contributed by atoms with Crippen molar-refractivity contribution in [2.45, 2.75) is 26.0 Å². The predicted molar refractivity (Wildman–Crippen MR) is 77.8 cm³/mol. The molecular formula is C14H21BrN2O. The minimum Gasteiger partial charge on any atom is -0.376 e. The van der Waals surface area contributed by atoms with Crippen LogP contribution in [0.2, 0.25) is 0 Å². The molecule has 0 saturated carbocycles. The molecule has 1 saturated heterocycles. The number of benzene rings is 1. The Morgan fingerprint density at radius 1 is 1.50 bits per heavy atom. The molecule has 1 atom stereocenters. The summed E-state index contributed by atoms with van der Waals surface area (Å²) in [4.78, 5) is 0. The van der Waals surface area contributed by atoms with Gasteiger partial charge in [0.25, 0.3) is 0 Å². The fourth-order valence-corrected chi connectivity index (χ4v) is 2.53. The Hall–Kier alpha value is -0.420. The van der Waals surface area contributed by atoms with E-state index in [2.05, 4.69) is 51.7 Å². The summed E-state index contributed by atoms with van der Waals surface area (Å²) in [5.74, 6) is 0. The molecule has 0 aromatic heterocycles. The fourth-order valence-electron chi connectivity index (χ4n) is 2.12. The van der Waals surface area contributed by atoms with Gasteiger partial charge in [-0.2, -0.15) is 0 Å². The molecule has 0 aliphatic carbocycles. The molecule has 0 radical (unpaired) electrons. The summed E-state index contributed by atoms with van der Waals surface area (Å²) in [5.41, 5.74) is 2.69. The second kappa shape index (κ2) is 7.24. The van der Waals surface area contributed by atoms with Gasteiger partial charge in [-0.15, -0.1) is 0 Å². The van der Waals surface area contributed by atoms with E-state index >= 15 is 0 Å². The highest BCUT2D eigenvalue weighted by Crippen LogP contribution is 2.15. The molecule has 4 heteroatoms. The van der Waals surface area contributed by atoms with Crippen molar-refractivity contribution in [3.8, 4) is 0 Å². The molecule has 1 fully saturated rings. The Morgan fingerprint density at radius 3 is 3.17 bits per heavy atom.